The van der Waals surface area contributed by atoms with Crippen LogP contribution < -0.4 is 5.73 Å². The van der Waals surface area contributed by atoms with Crippen LogP contribution in [0.1, 0.15) is 19.0 Å². The van der Waals surface area contributed by atoms with E-state index in [-0.39, 0.29) is 0 Å². The van der Waals surface area contributed by atoms with Crippen molar-refractivity contribution in [3.8, 4) is 0 Å². The Morgan fingerprint density at radius 2 is 2.19 bits per heavy atom. The number of hydrogen-bond donors (Lipinski definition) is 1. The van der Waals surface area contributed by atoms with Crippen molar-refractivity contribution in [2.75, 3.05) is 25.9 Å². The highest BCUT2D eigenvalue weighted by Crippen LogP contribution is 2.23. The van der Waals surface area contributed by atoms with Crippen LogP contribution in [0.4, 0.5) is 5.69 Å². The first kappa shape index (κ1) is 14.3. The zero-order valence-corrected chi connectivity index (χ0v) is 12.7. The number of anilines is 1. The second kappa shape index (κ2) is 6.00. The van der Waals surface area contributed by atoms with Crippen LogP contribution >= 0.6 is 0 Å². The highest BCUT2D eigenvalue weighted by Gasteiger charge is 2.26. The van der Waals surface area contributed by atoms with E-state index in [2.05, 4.69) is 11.8 Å². The Bertz CT molecular complexity index is 628. The molecule has 1 saturated heterocycles. The van der Waals surface area contributed by atoms with Gasteiger partial charge in [0, 0.05) is 31.3 Å². The van der Waals surface area contributed by atoms with E-state index in [4.69, 9.17) is 15.5 Å². The molecule has 0 amide bonds. The van der Waals surface area contributed by atoms with Gasteiger partial charge in [0.25, 0.3) is 0 Å². The second-order valence-corrected chi connectivity index (χ2v) is 6.00. The van der Waals surface area contributed by atoms with E-state index in [9.17, 15) is 0 Å². The van der Waals surface area contributed by atoms with E-state index < -0.39 is 0 Å². The summed E-state index contributed by atoms with van der Waals surface area (Å²) in [5, 5.41) is 1.03. The summed E-state index contributed by atoms with van der Waals surface area (Å²) in [6, 6.07) is 10.0. The van der Waals surface area contributed by atoms with Crippen molar-refractivity contribution in [2.45, 2.75) is 26.0 Å². The van der Waals surface area contributed by atoms with Crippen molar-refractivity contribution < 1.29 is 4.74 Å². The number of rotatable bonds is 3. The Hall–Kier alpha value is -1.65. The van der Waals surface area contributed by atoms with Gasteiger partial charge in [-0.3, -0.25) is 9.88 Å². The number of hydrogen-bond acceptors (Lipinski definition) is 4. The lowest BCUT2D eigenvalue weighted by atomic mass is 9.95. The van der Waals surface area contributed by atoms with E-state index in [1.165, 1.54) is 6.42 Å². The van der Waals surface area contributed by atoms with Crippen molar-refractivity contribution in [3.63, 3.8) is 0 Å². The van der Waals surface area contributed by atoms with E-state index >= 15 is 0 Å². The highest BCUT2D eigenvalue weighted by atomic mass is 16.5. The van der Waals surface area contributed by atoms with Gasteiger partial charge in [-0.2, -0.15) is 0 Å². The molecule has 2 unspecified atom stereocenters. The van der Waals surface area contributed by atoms with E-state index in [0.717, 1.165) is 41.9 Å². The molecule has 1 aromatic heterocycles. The summed E-state index contributed by atoms with van der Waals surface area (Å²) in [4.78, 5) is 7.15. The van der Waals surface area contributed by atoms with Gasteiger partial charge in [0.15, 0.2) is 0 Å². The van der Waals surface area contributed by atoms with Crippen molar-refractivity contribution >= 4 is 16.6 Å². The number of ether oxygens (including phenoxy) is 1. The van der Waals surface area contributed by atoms with Gasteiger partial charge in [0.05, 0.1) is 17.3 Å². The molecule has 0 radical (unpaired) electrons. The van der Waals surface area contributed by atoms with Gasteiger partial charge < -0.3 is 10.5 Å². The molecule has 1 aliphatic heterocycles. The summed E-state index contributed by atoms with van der Waals surface area (Å²) in [6.07, 6.45) is 1.48. The maximum absolute atomic E-state index is 6.15. The summed E-state index contributed by atoms with van der Waals surface area (Å²) < 4.78 is 5.58. The molecule has 1 fully saturated rings. The molecule has 2 aromatic rings. The van der Waals surface area contributed by atoms with Gasteiger partial charge in [-0.15, -0.1) is 0 Å². The molecule has 0 aliphatic carbocycles. The van der Waals surface area contributed by atoms with Crippen LogP contribution in [0, 0.1) is 5.92 Å². The van der Waals surface area contributed by atoms with Gasteiger partial charge in [0.2, 0.25) is 0 Å². The summed E-state index contributed by atoms with van der Waals surface area (Å²) in [5.74, 6) is 0.626. The number of methoxy groups -OCH3 is 1. The third kappa shape index (κ3) is 3.01. The zero-order chi connectivity index (χ0) is 14.8. The molecule has 3 rings (SSSR count). The molecule has 0 saturated carbocycles. The number of nitrogens with zero attached hydrogens (tertiary/aromatic N) is 2. The third-order valence-electron chi connectivity index (χ3n) is 4.46. The van der Waals surface area contributed by atoms with Crippen molar-refractivity contribution in [3.05, 3.63) is 36.0 Å². The van der Waals surface area contributed by atoms with Crippen LogP contribution in [0.25, 0.3) is 10.9 Å². The van der Waals surface area contributed by atoms with Crippen molar-refractivity contribution in [2.24, 2.45) is 5.92 Å². The monoisotopic (exact) mass is 285 g/mol. The number of benzene rings is 1. The van der Waals surface area contributed by atoms with Gasteiger partial charge in [0.1, 0.15) is 0 Å². The first-order chi connectivity index (χ1) is 10.2. The number of pyridine rings is 1. The fourth-order valence-electron chi connectivity index (χ4n) is 3.12. The average molecular weight is 285 g/mol. The standard InChI is InChI=1S/C17H23N3O/c1-12-7-8-20(11-17(12)21-2)10-13-9-15(18)14-5-3-4-6-16(14)19-13/h3-6,9,12,17H,7-8,10-11H2,1-2H3,(H2,18,19). The van der Waals surface area contributed by atoms with Crippen LogP contribution in [0.2, 0.25) is 0 Å². The number of nitrogen functional groups attached to an aromatic ring is 1. The van der Waals surface area contributed by atoms with Crippen LogP contribution in [0.5, 0.6) is 0 Å². The molecule has 2 atom stereocenters. The van der Waals surface area contributed by atoms with Gasteiger partial charge >= 0.3 is 0 Å². The quantitative estimate of drug-likeness (QED) is 0.942. The summed E-state index contributed by atoms with van der Waals surface area (Å²) in [7, 11) is 1.80. The molecule has 1 aromatic carbocycles. The molecule has 112 valence electrons. The lowest BCUT2D eigenvalue weighted by Gasteiger charge is -2.36. The summed E-state index contributed by atoms with van der Waals surface area (Å²) in [5.41, 5.74) is 8.97. The van der Waals surface area contributed by atoms with E-state index in [1.54, 1.807) is 7.11 Å². The second-order valence-electron chi connectivity index (χ2n) is 6.00. The van der Waals surface area contributed by atoms with Gasteiger partial charge in [-0.1, -0.05) is 25.1 Å². The molecule has 21 heavy (non-hydrogen) atoms. The number of nitrogens with two attached hydrogens (primary N) is 1. The van der Waals surface area contributed by atoms with E-state index in [0.29, 0.717) is 12.0 Å². The van der Waals surface area contributed by atoms with Gasteiger partial charge in [-0.25, -0.2) is 0 Å². The molecular weight excluding hydrogens is 262 g/mol. The largest absolute Gasteiger partial charge is 0.398 e. The summed E-state index contributed by atoms with van der Waals surface area (Å²) in [6.45, 7) is 5.15. The van der Waals surface area contributed by atoms with Crippen LogP contribution in [-0.4, -0.2) is 36.2 Å². The highest BCUT2D eigenvalue weighted by molar-refractivity contribution is 5.90. The number of para-hydroxylation sites is 1. The lowest BCUT2D eigenvalue weighted by molar-refractivity contribution is -0.00775. The molecule has 0 bridgehead atoms. The first-order valence-electron chi connectivity index (χ1n) is 7.56. The molecular formula is C17H23N3O. The Labute approximate surface area is 125 Å². The number of piperidine rings is 1. The fraction of sp³-hybridized carbons (Fsp3) is 0.471. The molecule has 4 heteroatoms. The molecule has 2 heterocycles. The molecule has 2 N–H and O–H groups in total. The molecule has 1 aliphatic rings. The maximum atomic E-state index is 6.15. The number of fused-ring (bicyclic) bond motifs is 1. The summed E-state index contributed by atoms with van der Waals surface area (Å²) >= 11 is 0. The molecule has 0 spiro atoms. The Kier molecular flexibility index (Phi) is 4.08. The van der Waals surface area contributed by atoms with Crippen LogP contribution in [0.15, 0.2) is 30.3 Å². The van der Waals surface area contributed by atoms with Gasteiger partial charge in [-0.05, 0) is 31.0 Å². The third-order valence-corrected chi connectivity index (χ3v) is 4.46. The normalized spacial score (nSPS) is 23.5. The average Bonchev–Trinajstić information content (AvgIpc) is 2.49. The number of likely N-dealkylation sites (tertiary alicyclic amines) is 1. The first-order valence-corrected chi connectivity index (χ1v) is 7.56. The number of aromatic nitrogens is 1. The van der Waals surface area contributed by atoms with Crippen LogP contribution in [0.3, 0.4) is 0 Å². The predicted molar refractivity (Wildman–Crippen MR) is 86.0 cm³/mol. The fourth-order valence-corrected chi connectivity index (χ4v) is 3.12. The maximum Gasteiger partial charge on any atom is 0.0726 e. The Morgan fingerprint density at radius 1 is 1.38 bits per heavy atom. The Morgan fingerprint density at radius 3 is 3.00 bits per heavy atom. The Balaban J connectivity index is 1.79. The van der Waals surface area contributed by atoms with Crippen molar-refractivity contribution in [1.82, 2.24) is 9.88 Å². The van der Waals surface area contributed by atoms with Crippen molar-refractivity contribution in [1.29, 1.82) is 0 Å². The SMILES string of the molecule is COC1CN(Cc2cc(N)c3ccccc3n2)CCC1C. The minimum absolute atomic E-state index is 0.316. The minimum Gasteiger partial charge on any atom is -0.398 e. The predicted octanol–water partition coefficient (Wildman–Crippen LogP) is 2.67. The van der Waals surface area contributed by atoms with Crippen LogP contribution in [-0.2, 0) is 11.3 Å². The minimum atomic E-state index is 0.316. The van der Waals surface area contributed by atoms with E-state index in [1.807, 2.05) is 30.3 Å². The topological polar surface area (TPSA) is 51.4 Å². The zero-order valence-electron chi connectivity index (χ0n) is 12.7. The smallest absolute Gasteiger partial charge is 0.0726 e. The molecule has 4 nitrogen and oxygen atoms in total. The lowest BCUT2D eigenvalue weighted by Crippen LogP contribution is -2.43.